The number of aliphatic carboxylic acids is 1. The first-order chi connectivity index (χ1) is 11.0. The molecule has 0 fully saturated rings. The molecule has 0 bridgehead atoms. The van der Waals surface area contributed by atoms with E-state index in [1.807, 2.05) is 0 Å². The van der Waals surface area contributed by atoms with E-state index >= 15 is 0 Å². The van der Waals surface area contributed by atoms with Gasteiger partial charge in [-0.3, -0.25) is 4.79 Å². The average molecular weight is 383 g/mol. The SMILES string of the molecule is CCC(=O)NC(CS)COC(C)OC(=O)N[C@@H](C(=O)O)C(C)(C)S. The molecule has 0 aliphatic heterocycles. The van der Waals surface area contributed by atoms with E-state index in [9.17, 15) is 14.4 Å². The van der Waals surface area contributed by atoms with Gasteiger partial charge >= 0.3 is 12.1 Å². The summed E-state index contributed by atoms with van der Waals surface area (Å²) in [4.78, 5) is 34.2. The van der Waals surface area contributed by atoms with Crippen LogP contribution in [0.1, 0.15) is 34.1 Å². The Balaban J connectivity index is 4.40. The van der Waals surface area contributed by atoms with Crippen LogP contribution in [0.4, 0.5) is 4.79 Å². The maximum absolute atomic E-state index is 11.8. The van der Waals surface area contributed by atoms with Crippen LogP contribution in [-0.2, 0) is 19.1 Å². The Bertz CT molecular complexity index is 441. The highest BCUT2D eigenvalue weighted by molar-refractivity contribution is 7.81. The topological polar surface area (TPSA) is 114 Å². The van der Waals surface area contributed by atoms with Crippen LogP contribution in [0, 0.1) is 0 Å². The fraction of sp³-hybridized carbons (Fsp3) is 0.786. The third-order valence-corrected chi connectivity index (χ3v) is 3.63. The number of carboxylic acids is 1. The van der Waals surface area contributed by atoms with E-state index in [4.69, 9.17) is 14.6 Å². The highest BCUT2D eigenvalue weighted by Crippen LogP contribution is 2.18. The van der Waals surface area contributed by atoms with Crippen molar-refractivity contribution < 1.29 is 29.0 Å². The average Bonchev–Trinajstić information content (AvgIpc) is 2.47. The molecule has 0 heterocycles. The lowest BCUT2D eigenvalue weighted by Gasteiger charge is -2.27. The second kappa shape index (κ2) is 10.7. The minimum atomic E-state index is -1.23. The zero-order valence-corrected chi connectivity index (χ0v) is 16.0. The molecule has 2 amide bonds. The Morgan fingerprint density at radius 3 is 2.25 bits per heavy atom. The zero-order chi connectivity index (χ0) is 18.9. The summed E-state index contributed by atoms with van der Waals surface area (Å²) in [7, 11) is 0. The number of nitrogens with one attached hydrogen (secondary N) is 2. The van der Waals surface area contributed by atoms with Crippen molar-refractivity contribution >= 4 is 43.2 Å². The van der Waals surface area contributed by atoms with E-state index in [2.05, 4.69) is 35.9 Å². The van der Waals surface area contributed by atoms with Crippen molar-refractivity contribution in [3.63, 3.8) is 0 Å². The van der Waals surface area contributed by atoms with Gasteiger partial charge < -0.3 is 25.2 Å². The lowest BCUT2D eigenvalue weighted by molar-refractivity contribution is -0.140. The third kappa shape index (κ3) is 9.24. The van der Waals surface area contributed by atoms with E-state index in [1.54, 1.807) is 20.8 Å². The molecule has 10 heteroatoms. The Morgan fingerprint density at radius 2 is 1.83 bits per heavy atom. The van der Waals surface area contributed by atoms with Gasteiger partial charge in [-0.05, 0) is 20.8 Å². The van der Waals surface area contributed by atoms with Crippen molar-refractivity contribution in [2.24, 2.45) is 0 Å². The molecule has 0 saturated carbocycles. The van der Waals surface area contributed by atoms with Crippen molar-refractivity contribution in [1.29, 1.82) is 0 Å². The fourth-order valence-electron chi connectivity index (χ4n) is 1.60. The molecular formula is C14H26N2O6S2. The molecule has 0 aliphatic rings. The Hall–Kier alpha value is -1.13. The van der Waals surface area contributed by atoms with E-state index < -0.39 is 29.1 Å². The van der Waals surface area contributed by atoms with E-state index in [1.165, 1.54) is 6.92 Å². The Labute approximate surface area is 152 Å². The van der Waals surface area contributed by atoms with Crippen LogP contribution in [0.15, 0.2) is 0 Å². The van der Waals surface area contributed by atoms with Gasteiger partial charge in [0.15, 0.2) is 0 Å². The molecule has 8 nitrogen and oxygen atoms in total. The molecule has 0 saturated heterocycles. The summed E-state index contributed by atoms with van der Waals surface area (Å²) in [5.74, 6) is -0.998. The zero-order valence-electron chi connectivity index (χ0n) is 14.2. The van der Waals surface area contributed by atoms with Crippen LogP contribution >= 0.6 is 25.3 Å². The van der Waals surface area contributed by atoms with Gasteiger partial charge in [-0.25, -0.2) is 9.59 Å². The lowest BCUT2D eigenvalue weighted by atomic mass is 10.0. The highest BCUT2D eigenvalue weighted by atomic mass is 32.1. The lowest BCUT2D eigenvalue weighted by Crippen LogP contribution is -2.52. The van der Waals surface area contributed by atoms with Gasteiger partial charge in [0.1, 0.15) is 6.04 Å². The van der Waals surface area contributed by atoms with Gasteiger partial charge in [0.05, 0.1) is 12.6 Å². The molecule has 0 rings (SSSR count). The van der Waals surface area contributed by atoms with Gasteiger partial charge in [-0.1, -0.05) is 6.92 Å². The minimum Gasteiger partial charge on any atom is -0.480 e. The summed E-state index contributed by atoms with van der Waals surface area (Å²) in [5, 5.41) is 14.0. The van der Waals surface area contributed by atoms with Crippen LogP contribution in [-0.4, -0.2) is 58.6 Å². The van der Waals surface area contributed by atoms with E-state index in [0.717, 1.165) is 0 Å². The van der Waals surface area contributed by atoms with Crippen molar-refractivity contribution in [1.82, 2.24) is 10.6 Å². The first-order valence-electron chi connectivity index (χ1n) is 7.45. The van der Waals surface area contributed by atoms with Crippen LogP contribution in [0.3, 0.4) is 0 Å². The molecule has 0 aliphatic carbocycles. The summed E-state index contributed by atoms with van der Waals surface area (Å²) < 4.78 is 9.30. The van der Waals surface area contributed by atoms with Crippen molar-refractivity contribution in [3.05, 3.63) is 0 Å². The number of ether oxygens (including phenoxy) is 2. The van der Waals surface area contributed by atoms with Crippen molar-refractivity contribution in [2.45, 2.75) is 57.2 Å². The summed E-state index contributed by atoms with van der Waals surface area (Å²) in [5.41, 5.74) is 0. The standard InChI is InChI=1S/C14H26N2O6S2/c1-5-10(17)15-9(7-23)6-21-8(2)22-13(20)16-11(12(18)19)14(3,4)24/h8-9,11,23-24H,5-7H2,1-4H3,(H,15,17)(H,16,20)(H,18,19)/t8?,9?,11-/m0/s1. The van der Waals surface area contributed by atoms with Gasteiger partial charge in [0.25, 0.3) is 0 Å². The predicted octanol–water partition coefficient (Wildman–Crippen LogP) is 1.06. The van der Waals surface area contributed by atoms with Crippen LogP contribution in [0.25, 0.3) is 0 Å². The monoisotopic (exact) mass is 382 g/mol. The predicted molar refractivity (Wildman–Crippen MR) is 95.6 cm³/mol. The molecule has 3 atom stereocenters. The maximum atomic E-state index is 11.8. The Kier molecular flexibility index (Phi) is 10.2. The number of rotatable bonds is 10. The molecule has 3 N–H and O–H groups in total. The quantitative estimate of drug-likeness (QED) is 0.285. The van der Waals surface area contributed by atoms with Gasteiger partial charge in [0.2, 0.25) is 12.2 Å². The number of hydrogen-bond donors (Lipinski definition) is 5. The number of alkyl carbamates (subject to hydrolysis) is 1. The number of carbonyl (C=O) groups excluding carboxylic acids is 2. The summed E-state index contributed by atoms with van der Waals surface area (Å²) in [6.45, 7) is 6.43. The summed E-state index contributed by atoms with van der Waals surface area (Å²) in [6, 6.07) is -1.55. The normalized spacial score (nSPS) is 15.1. The molecule has 2 unspecified atom stereocenters. The summed E-state index contributed by atoms with van der Waals surface area (Å²) in [6.07, 6.45) is -1.52. The first kappa shape index (κ1) is 22.9. The number of carboxylic acid groups (broad SMARTS) is 1. The molecule has 0 spiro atoms. The first-order valence-corrected chi connectivity index (χ1v) is 8.53. The second-order valence-electron chi connectivity index (χ2n) is 5.68. The molecule has 24 heavy (non-hydrogen) atoms. The highest BCUT2D eigenvalue weighted by Gasteiger charge is 2.34. The van der Waals surface area contributed by atoms with Crippen molar-refractivity contribution in [3.8, 4) is 0 Å². The smallest absolute Gasteiger partial charge is 0.410 e. The maximum Gasteiger partial charge on any atom is 0.410 e. The number of thiol groups is 2. The van der Waals surface area contributed by atoms with Gasteiger partial charge in [-0.2, -0.15) is 25.3 Å². The van der Waals surface area contributed by atoms with E-state index in [-0.39, 0.29) is 18.6 Å². The second-order valence-corrected chi connectivity index (χ2v) is 7.19. The number of hydrogen-bond acceptors (Lipinski definition) is 7. The largest absolute Gasteiger partial charge is 0.480 e. The van der Waals surface area contributed by atoms with Gasteiger partial charge in [-0.15, -0.1) is 0 Å². The van der Waals surface area contributed by atoms with Crippen LogP contribution in [0.2, 0.25) is 0 Å². The number of amides is 2. The molecular weight excluding hydrogens is 356 g/mol. The summed E-state index contributed by atoms with van der Waals surface area (Å²) >= 11 is 8.26. The fourth-order valence-corrected chi connectivity index (χ4v) is 1.97. The molecule has 0 aromatic carbocycles. The number of carbonyl (C=O) groups is 3. The molecule has 0 radical (unpaired) electrons. The minimum absolute atomic E-state index is 0.101. The van der Waals surface area contributed by atoms with E-state index in [0.29, 0.717) is 12.2 Å². The van der Waals surface area contributed by atoms with Gasteiger partial charge in [0, 0.05) is 16.9 Å². The third-order valence-electron chi connectivity index (χ3n) is 2.93. The molecule has 140 valence electrons. The van der Waals surface area contributed by atoms with Crippen molar-refractivity contribution in [2.75, 3.05) is 12.4 Å². The Morgan fingerprint density at radius 1 is 1.25 bits per heavy atom. The van der Waals surface area contributed by atoms with Crippen LogP contribution < -0.4 is 10.6 Å². The molecule has 0 aromatic heterocycles. The van der Waals surface area contributed by atoms with Crippen LogP contribution in [0.5, 0.6) is 0 Å². The molecule has 0 aromatic rings.